The molecular formula is C29H25ClN2O2S. The van der Waals surface area contributed by atoms with Gasteiger partial charge >= 0.3 is 0 Å². The summed E-state index contributed by atoms with van der Waals surface area (Å²) in [4.78, 5) is 29.6. The minimum atomic E-state index is -0.745. The van der Waals surface area contributed by atoms with Crippen LogP contribution in [0, 0.1) is 0 Å². The zero-order valence-electron chi connectivity index (χ0n) is 19.1. The van der Waals surface area contributed by atoms with Crippen LogP contribution in [0.1, 0.15) is 28.1 Å². The molecule has 0 saturated carbocycles. The fraction of sp³-hybridized carbons (Fsp3) is 0.172. The average molecular weight is 501 g/mol. The molecule has 2 amide bonds. The standard InChI is InChI=1S/C29H25ClN2O2S/c30-24-14-8-7-13-22(24)26-23(20-9-3-1-4-10-20)19-25(35-26)27(33)32-17-15-29(16-18-32,28(31)34)21-11-5-2-6-12-21/h1-14,19H,15-18H2,(H2,31,34). The predicted molar refractivity (Wildman–Crippen MR) is 143 cm³/mol. The predicted octanol–water partition coefficient (Wildman–Crippen LogP) is 6.39. The van der Waals surface area contributed by atoms with Crippen LogP contribution in [0.15, 0.2) is 91.0 Å². The van der Waals surface area contributed by atoms with Gasteiger partial charge in [0.05, 0.1) is 10.3 Å². The number of halogens is 1. The van der Waals surface area contributed by atoms with Crippen LogP contribution in [-0.2, 0) is 10.2 Å². The molecule has 0 spiro atoms. The Morgan fingerprint density at radius 2 is 1.43 bits per heavy atom. The lowest BCUT2D eigenvalue weighted by Crippen LogP contribution is -2.51. The van der Waals surface area contributed by atoms with E-state index in [1.54, 1.807) is 0 Å². The van der Waals surface area contributed by atoms with E-state index in [-0.39, 0.29) is 11.8 Å². The lowest BCUT2D eigenvalue weighted by atomic mass is 9.72. The van der Waals surface area contributed by atoms with E-state index in [1.165, 1.54) is 11.3 Å². The van der Waals surface area contributed by atoms with Crippen molar-refractivity contribution < 1.29 is 9.59 Å². The van der Waals surface area contributed by atoms with Gasteiger partial charge in [0, 0.05) is 34.1 Å². The van der Waals surface area contributed by atoms with Crippen molar-refractivity contribution in [3.05, 3.63) is 106 Å². The molecule has 2 N–H and O–H groups in total. The second-order valence-electron chi connectivity index (χ2n) is 8.80. The number of benzene rings is 3. The minimum absolute atomic E-state index is 0.0309. The summed E-state index contributed by atoms with van der Waals surface area (Å²) in [5, 5.41) is 0.651. The van der Waals surface area contributed by atoms with E-state index in [2.05, 4.69) is 0 Å². The molecule has 1 aromatic heterocycles. The molecule has 1 aliphatic rings. The Hall–Kier alpha value is -3.41. The Morgan fingerprint density at radius 1 is 0.829 bits per heavy atom. The molecule has 0 atom stereocenters. The molecule has 0 radical (unpaired) electrons. The number of nitrogens with two attached hydrogens (primary N) is 1. The molecular weight excluding hydrogens is 476 g/mol. The van der Waals surface area contributed by atoms with Gasteiger partial charge in [-0.1, -0.05) is 90.5 Å². The molecule has 2 heterocycles. The number of carbonyl (C=O) groups excluding carboxylic acids is 2. The van der Waals surface area contributed by atoms with Gasteiger partial charge in [-0.25, -0.2) is 0 Å². The van der Waals surface area contributed by atoms with Crippen molar-refractivity contribution in [1.29, 1.82) is 0 Å². The summed E-state index contributed by atoms with van der Waals surface area (Å²) in [6, 6.07) is 29.4. The quantitative estimate of drug-likeness (QED) is 0.345. The van der Waals surface area contributed by atoms with E-state index >= 15 is 0 Å². The van der Waals surface area contributed by atoms with Crippen LogP contribution in [0.5, 0.6) is 0 Å². The van der Waals surface area contributed by atoms with Gasteiger partial charge in [-0.15, -0.1) is 11.3 Å². The second-order valence-corrected chi connectivity index (χ2v) is 10.3. The number of piperidine rings is 1. The van der Waals surface area contributed by atoms with Gasteiger partial charge in [-0.2, -0.15) is 0 Å². The van der Waals surface area contributed by atoms with E-state index in [9.17, 15) is 9.59 Å². The fourth-order valence-electron chi connectivity index (χ4n) is 4.86. The number of primary amides is 1. The zero-order chi connectivity index (χ0) is 24.4. The van der Waals surface area contributed by atoms with Crippen LogP contribution in [0.25, 0.3) is 21.6 Å². The molecule has 5 rings (SSSR count). The van der Waals surface area contributed by atoms with Crippen LogP contribution < -0.4 is 5.73 Å². The number of thiophene rings is 1. The molecule has 1 saturated heterocycles. The Labute approximate surface area is 214 Å². The largest absolute Gasteiger partial charge is 0.369 e. The highest BCUT2D eigenvalue weighted by molar-refractivity contribution is 7.18. The Kier molecular flexibility index (Phi) is 6.46. The number of amides is 2. The molecule has 1 aliphatic heterocycles. The number of likely N-dealkylation sites (tertiary alicyclic amines) is 1. The molecule has 0 bridgehead atoms. The van der Waals surface area contributed by atoms with E-state index < -0.39 is 5.41 Å². The van der Waals surface area contributed by atoms with Gasteiger partial charge in [-0.3, -0.25) is 9.59 Å². The summed E-state index contributed by atoms with van der Waals surface area (Å²) in [6.45, 7) is 0.938. The highest BCUT2D eigenvalue weighted by atomic mass is 35.5. The van der Waals surface area contributed by atoms with Crippen molar-refractivity contribution in [2.24, 2.45) is 5.73 Å². The second kappa shape index (κ2) is 9.68. The van der Waals surface area contributed by atoms with Crippen LogP contribution in [0.2, 0.25) is 5.02 Å². The van der Waals surface area contributed by atoms with E-state index in [1.807, 2.05) is 95.9 Å². The van der Waals surface area contributed by atoms with Crippen molar-refractivity contribution in [3.8, 4) is 21.6 Å². The van der Waals surface area contributed by atoms with E-state index in [4.69, 9.17) is 17.3 Å². The van der Waals surface area contributed by atoms with Crippen molar-refractivity contribution in [1.82, 2.24) is 4.90 Å². The number of hydrogen-bond donors (Lipinski definition) is 1. The Bertz CT molecular complexity index is 1360. The third-order valence-corrected chi connectivity index (χ3v) is 8.33. The highest BCUT2D eigenvalue weighted by Gasteiger charge is 2.42. The smallest absolute Gasteiger partial charge is 0.263 e. The normalized spacial score (nSPS) is 15.1. The first-order valence-electron chi connectivity index (χ1n) is 11.6. The van der Waals surface area contributed by atoms with Gasteiger partial charge in [0.1, 0.15) is 0 Å². The van der Waals surface area contributed by atoms with Gasteiger partial charge in [-0.05, 0) is 36.1 Å². The highest BCUT2D eigenvalue weighted by Crippen LogP contribution is 2.43. The molecule has 1 fully saturated rings. The van der Waals surface area contributed by atoms with Crippen LogP contribution >= 0.6 is 22.9 Å². The monoisotopic (exact) mass is 500 g/mol. The van der Waals surface area contributed by atoms with Crippen LogP contribution in [-0.4, -0.2) is 29.8 Å². The van der Waals surface area contributed by atoms with Crippen LogP contribution in [0.3, 0.4) is 0 Å². The maximum atomic E-state index is 13.6. The number of rotatable bonds is 5. The summed E-state index contributed by atoms with van der Waals surface area (Å²) in [6.07, 6.45) is 1.01. The first-order chi connectivity index (χ1) is 17.0. The number of hydrogen-bond acceptors (Lipinski definition) is 3. The maximum Gasteiger partial charge on any atom is 0.263 e. The minimum Gasteiger partial charge on any atom is -0.369 e. The molecule has 0 aliphatic carbocycles. The average Bonchev–Trinajstić information content (AvgIpc) is 3.35. The third kappa shape index (κ3) is 4.38. The molecule has 3 aromatic carbocycles. The summed E-state index contributed by atoms with van der Waals surface area (Å²) in [5.41, 5.74) is 8.99. The number of nitrogens with zero attached hydrogens (tertiary/aromatic N) is 1. The van der Waals surface area contributed by atoms with Crippen molar-refractivity contribution >= 4 is 34.8 Å². The lowest BCUT2D eigenvalue weighted by molar-refractivity contribution is -0.125. The maximum absolute atomic E-state index is 13.6. The van der Waals surface area contributed by atoms with Gasteiger partial charge in [0.15, 0.2) is 0 Å². The molecule has 176 valence electrons. The van der Waals surface area contributed by atoms with Crippen molar-refractivity contribution in [2.75, 3.05) is 13.1 Å². The molecule has 35 heavy (non-hydrogen) atoms. The summed E-state index contributed by atoms with van der Waals surface area (Å²) >= 11 is 8.00. The van der Waals surface area contributed by atoms with Gasteiger partial charge in [0.25, 0.3) is 5.91 Å². The summed E-state index contributed by atoms with van der Waals surface area (Å²) < 4.78 is 0. The van der Waals surface area contributed by atoms with Crippen molar-refractivity contribution in [2.45, 2.75) is 18.3 Å². The zero-order valence-corrected chi connectivity index (χ0v) is 20.7. The first kappa shape index (κ1) is 23.3. The topological polar surface area (TPSA) is 63.4 Å². The summed E-state index contributed by atoms with van der Waals surface area (Å²) in [5.74, 6) is -0.365. The molecule has 0 unspecified atom stereocenters. The van der Waals surface area contributed by atoms with E-state index in [0.29, 0.717) is 35.8 Å². The Balaban J connectivity index is 1.46. The van der Waals surface area contributed by atoms with E-state index in [0.717, 1.165) is 27.1 Å². The van der Waals surface area contributed by atoms with Gasteiger partial charge < -0.3 is 10.6 Å². The molecule has 4 nitrogen and oxygen atoms in total. The third-order valence-electron chi connectivity index (χ3n) is 6.85. The van der Waals surface area contributed by atoms with Crippen molar-refractivity contribution in [3.63, 3.8) is 0 Å². The van der Waals surface area contributed by atoms with Gasteiger partial charge in [0.2, 0.25) is 5.91 Å². The van der Waals surface area contributed by atoms with Crippen LogP contribution in [0.4, 0.5) is 0 Å². The lowest BCUT2D eigenvalue weighted by Gasteiger charge is -2.40. The summed E-state index contributed by atoms with van der Waals surface area (Å²) in [7, 11) is 0. The Morgan fingerprint density at radius 3 is 2.06 bits per heavy atom. The molecule has 4 aromatic rings. The number of carbonyl (C=O) groups is 2. The first-order valence-corrected chi connectivity index (χ1v) is 12.8. The molecule has 6 heteroatoms. The SMILES string of the molecule is NC(=O)C1(c2ccccc2)CCN(C(=O)c2cc(-c3ccccc3)c(-c3ccccc3Cl)s2)CC1. The fourth-order valence-corrected chi connectivity index (χ4v) is 6.33.